The molecule has 1 unspecified atom stereocenters. The number of amidine groups is 1. The van der Waals surface area contributed by atoms with Gasteiger partial charge in [-0.15, -0.1) is 4.91 Å². The molecule has 0 aliphatic rings. The minimum absolute atomic E-state index is 0.00245. The summed E-state index contributed by atoms with van der Waals surface area (Å²) < 4.78 is 0. The molecule has 0 radical (unpaired) electrons. The largest absolute Gasteiger partial charge is 0.384 e. The molecule has 0 aromatic heterocycles. The first kappa shape index (κ1) is 18.9. The van der Waals surface area contributed by atoms with Crippen molar-refractivity contribution in [1.82, 2.24) is 5.32 Å². The van der Waals surface area contributed by atoms with E-state index in [1.54, 1.807) is 24.3 Å². The summed E-state index contributed by atoms with van der Waals surface area (Å²) in [6.45, 7) is 1.47. The van der Waals surface area contributed by atoms with E-state index in [9.17, 15) is 19.3 Å². The summed E-state index contributed by atoms with van der Waals surface area (Å²) in [5, 5.41) is 14.6. The third-order valence-electron chi connectivity index (χ3n) is 3.18. The Balaban J connectivity index is 2.35. The summed E-state index contributed by atoms with van der Waals surface area (Å²) in [4.78, 5) is 44.3. The van der Waals surface area contributed by atoms with Crippen LogP contribution >= 0.6 is 0 Å². The van der Waals surface area contributed by atoms with Crippen LogP contribution in [0.2, 0.25) is 0 Å². The molecule has 5 N–H and O–H groups in total. The van der Waals surface area contributed by atoms with E-state index < -0.39 is 17.7 Å². The van der Waals surface area contributed by atoms with E-state index in [2.05, 4.69) is 15.8 Å². The predicted octanol–water partition coefficient (Wildman–Crippen LogP) is 0.735. The molecule has 9 nitrogen and oxygen atoms in total. The maximum atomic E-state index is 11.8. The van der Waals surface area contributed by atoms with E-state index in [-0.39, 0.29) is 31.1 Å². The van der Waals surface area contributed by atoms with Gasteiger partial charge in [-0.1, -0.05) is 6.92 Å². The Labute approximate surface area is 138 Å². The molecule has 0 bridgehead atoms. The molecule has 9 heteroatoms. The number of nitrogen functional groups attached to an aromatic ring is 1. The topological polar surface area (TPSA) is 155 Å². The van der Waals surface area contributed by atoms with Crippen molar-refractivity contribution >= 4 is 29.2 Å². The molecule has 0 heterocycles. The third-order valence-corrected chi connectivity index (χ3v) is 3.18. The Hall–Kier alpha value is -3.10. The van der Waals surface area contributed by atoms with Crippen molar-refractivity contribution in [2.45, 2.75) is 19.8 Å². The van der Waals surface area contributed by atoms with Crippen LogP contribution in [0.15, 0.2) is 29.4 Å². The first-order valence-electron chi connectivity index (χ1n) is 7.21. The Morgan fingerprint density at radius 1 is 1.17 bits per heavy atom. The van der Waals surface area contributed by atoms with Gasteiger partial charge in [0.25, 0.3) is 5.91 Å². The lowest BCUT2D eigenvalue weighted by Gasteiger charge is -2.09. The van der Waals surface area contributed by atoms with Gasteiger partial charge in [-0.05, 0) is 24.3 Å². The second-order valence-corrected chi connectivity index (χ2v) is 5.17. The predicted molar refractivity (Wildman–Crippen MR) is 88.3 cm³/mol. The van der Waals surface area contributed by atoms with E-state index in [1.165, 1.54) is 6.92 Å². The molecule has 128 valence electrons. The first-order chi connectivity index (χ1) is 11.3. The van der Waals surface area contributed by atoms with Gasteiger partial charge < -0.3 is 16.4 Å². The molecule has 0 aliphatic carbocycles. The van der Waals surface area contributed by atoms with Gasteiger partial charge in [0, 0.05) is 35.8 Å². The molecule has 1 aromatic rings. The van der Waals surface area contributed by atoms with Crippen LogP contribution in [0.1, 0.15) is 25.3 Å². The Kier molecular flexibility index (Phi) is 7.21. The van der Waals surface area contributed by atoms with Crippen LogP contribution in [0.4, 0.5) is 5.69 Å². The normalized spacial score (nSPS) is 11.2. The monoisotopic (exact) mass is 333 g/mol. The van der Waals surface area contributed by atoms with Gasteiger partial charge in [-0.2, -0.15) is 0 Å². The molecule has 24 heavy (non-hydrogen) atoms. The van der Waals surface area contributed by atoms with Crippen LogP contribution in [0.5, 0.6) is 0 Å². The second-order valence-electron chi connectivity index (χ2n) is 5.17. The number of carbonyl (C=O) groups is 3. The fraction of sp³-hybridized carbons (Fsp3) is 0.333. The molecule has 1 atom stereocenters. The summed E-state index contributed by atoms with van der Waals surface area (Å²) >= 11 is 0. The molecule has 0 saturated heterocycles. The number of hydrogen-bond donors (Lipinski definition) is 4. The average Bonchev–Trinajstić information content (AvgIpc) is 2.57. The third kappa shape index (κ3) is 6.34. The van der Waals surface area contributed by atoms with Crippen molar-refractivity contribution in [3.8, 4) is 0 Å². The van der Waals surface area contributed by atoms with E-state index in [0.717, 1.165) is 0 Å². The van der Waals surface area contributed by atoms with E-state index in [4.69, 9.17) is 11.1 Å². The van der Waals surface area contributed by atoms with Crippen molar-refractivity contribution in [2.75, 3.05) is 11.9 Å². The minimum Gasteiger partial charge on any atom is -0.384 e. The summed E-state index contributed by atoms with van der Waals surface area (Å²) in [7, 11) is 0. The minimum atomic E-state index is -0.831. The van der Waals surface area contributed by atoms with Gasteiger partial charge in [-0.25, -0.2) is 0 Å². The van der Waals surface area contributed by atoms with Crippen LogP contribution in [0.3, 0.4) is 0 Å². The Morgan fingerprint density at radius 2 is 1.75 bits per heavy atom. The number of rotatable bonds is 8. The summed E-state index contributed by atoms with van der Waals surface area (Å²) in [5.41, 5.74) is 6.40. The Morgan fingerprint density at radius 3 is 2.29 bits per heavy atom. The fourth-order valence-electron chi connectivity index (χ4n) is 1.72. The number of anilines is 1. The zero-order valence-electron chi connectivity index (χ0n) is 13.2. The van der Waals surface area contributed by atoms with Gasteiger partial charge in [-0.3, -0.25) is 19.8 Å². The first-order valence-corrected chi connectivity index (χ1v) is 7.21. The quantitative estimate of drug-likeness (QED) is 0.314. The highest BCUT2D eigenvalue weighted by Crippen LogP contribution is 2.10. The Bertz CT molecular complexity index is 642. The number of benzene rings is 1. The lowest BCUT2D eigenvalue weighted by molar-refractivity contribution is -0.125. The van der Waals surface area contributed by atoms with E-state index in [1.807, 2.05) is 0 Å². The molecular weight excluding hydrogens is 314 g/mol. The maximum Gasteiger partial charge on any atom is 0.290 e. The average molecular weight is 333 g/mol. The van der Waals surface area contributed by atoms with Crippen LogP contribution in [-0.2, 0) is 14.4 Å². The summed E-state index contributed by atoms with van der Waals surface area (Å²) in [5.74, 6) is -2.34. The number of hydrogen-bond acceptors (Lipinski definition) is 5. The number of nitrogens with one attached hydrogen (secondary N) is 3. The molecule has 1 rings (SSSR count). The van der Waals surface area contributed by atoms with Gasteiger partial charge in [0.1, 0.15) is 5.84 Å². The van der Waals surface area contributed by atoms with Crippen LogP contribution < -0.4 is 16.4 Å². The molecule has 3 amide bonds. The van der Waals surface area contributed by atoms with Gasteiger partial charge in [0.05, 0.1) is 5.92 Å². The zero-order chi connectivity index (χ0) is 18.1. The maximum absolute atomic E-state index is 11.8. The lowest BCUT2D eigenvalue weighted by atomic mass is 10.1. The smallest absolute Gasteiger partial charge is 0.290 e. The molecule has 1 aromatic carbocycles. The van der Waals surface area contributed by atoms with Crippen LogP contribution in [0, 0.1) is 16.2 Å². The molecule has 0 saturated carbocycles. The van der Waals surface area contributed by atoms with E-state index >= 15 is 0 Å². The second kappa shape index (κ2) is 9.13. The van der Waals surface area contributed by atoms with Crippen LogP contribution in [0.25, 0.3) is 0 Å². The van der Waals surface area contributed by atoms with Crippen LogP contribution in [-0.4, -0.2) is 30.1 Å². The van der Waals surface area contributed by atoms with Crippen molar-refractivity contribution in [3.05, 3.63) is 34.7 Å². The fourth-order valence-corrected chi connectivity index (χ4v) is 1.72. The number of amides is 3. The highest BCUT2D eigenvalue weighted by atomic mass is 16.3. The molecule has 0 spiro atoms. The number of carbonyl (C=O) groups excluding carboxylic acids is 3. The molecule has 0 aliphatic heterocycles. The summed E-state index contributed by atoms with van der Waals surface area (Å²) in [6, 6.07) is 6.41. The van der Waals surface area contributed by atoms with Gasteiger partial charge in [0.15, 0.2) is 0 Å². The van der Waals surface area contributed by atoms with Gasteiger partial charge in [0.2, 0.25) is 11.8 Å². The van der Waals surface area contributed by atoms with E-state index in [0.29, 0.717) is 11.3 Å². The number of nitroso groups, excluding NO2 is 1. The van der Waals surface area contributed by atoms with Crippen molar-refractivity contribution < 1.29 is 14.4 Å². The van der Waals surface area contributed by atoms with Gasteiger partial charge >= 0.3 is 0 Å². The molecule has 0 fully saturated rings. The lowest BCUT2D eigenvalue weighted by Crippen LogP contribution is -2.31. The standard InChI is InChI=1S/C15H19N5O4/c1-9(15(23)20-24)8-18-12(21)6-7-13(22)19-11-4-2-10(3-5-11)14(16)17/h2-5,9H,6-8H2,1H3,(H3,16,17)(H,18,21)(H,19,22). The number of nitrogens with two attached hydrogens (primary N) is 1. The highest BCUT2D eigenvalue weighted by molar-refractivity contribution is 5.96. The van der Waals surface area contributed by atoms with Crippen molar-refractivity contribution in [2.24, 2.45) is 16.8 Å². The van der Waals surface area contributed by atoms with Crippen molar-refractivity contribution in [3.63, 3.8) is 0 Å². The number of nitrogens with zero attached hydrogens (tertiary/aromatic N) is 1. The zero-order valence-corrected chi connectivity index (χ0v) is 13.2. The molecular formula is C15H19N5O4. The van der Waals surface area contributed by atoms with Crippen molar-refractivity contribution in [1.29, 1.82) is 5.41 Å². The SMILES string of the molecule is CC(CNC(=O)CCC(=O)Nc1ccc(C(=N)N)cc1)C(=O)N=O. The highest BCUT2D eigenvalue weighted by Gasteiger charge is 2.15. The summed E-state index contributed by atoms with van der Waals surface area (Å²) in [6.07, 6.45) is -0.0820.